The summed E-state index contributed by atoms with van der Waals surface area (Å²) < 4.78 is 26.6. The largest absolute Gasteiger partial charge is 0.352 e. The first kappa shape index (κ1) is 21.2. The minimum atomic E-state index is -3.43. The van der Waals surface area contributed by atoms with E-state index in [2.05, 4.69) is 22.2 Å². The van der Waals surface area contributed by atoms with Gasteiger partial charge < -0.3 is 15.1 Å². The smallest absolute Gasteiger partial charge is 0.251 e. The van der Waals surface area contributed by atoms with Crippen LogP contribution in [0.25, 0.3) is 0 Å². The molecule has 0 atom stereocenters. The molecule has 0 aromatic heterocycles. The standard InChI is InChI=1S/C20H32N4O3S/c1-22-14-16-23(17-15-22)11-3-2-10-21-20(25)18-6-8-19(9-7-18)28(26,27)24-12-4-5-13-24/h6-9H,2-5,10-17H2,1H3,(H,21,25). The number of hydrogen-bond donors (Lipinski definition) is 1. The molecule has 2 heterocycles. The molecular formula is C20H32N4O3S. The summed E-state index contributed by atoms with van der Waals surface area (Å²) in [7, 11) is -1.27. The Kier molecular flexibility index (Phi) is 7.45. The van der Waals surface area contributed by atoms with Crippen LogP contribution in [0.3, 0.4) is 0 Å². The lowest BCUT2D eigenvalue weighted by Gasteiger charge is -2.32. The number of rotatable bonds is 8. The van der Waals surface area contributed by atoms with Crippen molar-refractivity contribution >= 4 is 15.9 Å². The lowest BCUT2D eigenvalue weighted by atomic mass is 10.2. The summed E-state index contributed by atoms with van der Waals surface area (Å²) in [5, 5.41) is 2.93. The summed E-state index contributed by atoms with van der Waals surface area (Å²) >= 11 is 0. The topological polar surface area (TPSA) is 73.0 Å². The number of piperazine rings is 1. The van der Waals surface area contributed by atoms with E-state index in [1.807, 2.05) is 0 Å². The maximum Gasteiger partial charge on any atom is 0.251 e. The Morgan fingerprint density at radius 1 is 0.964 bits per heavy atom. The molecule has 3 rings (SSSR count). The molecule has 0 radical (unpaired) electrons. The van der Waals surface area contributed by atoms with Crippen LogP contribution in [0.2, 0.25) is 0 Å². The monoisotopic (exact) mass is 408 g/mol. The van der Waals surface area contributed by atoms with Gasteiger partial charge in [-0.15, -0.1) is 0 Å². The summed E-state index contributed by atoms with van der Waals surface area (Å²) in [6.07, 6.45) is 3.83. The quantitative estimate of drug-likeness (QED) is 0.655. The number of nitrogens with zero attached hydrogens (tertiary/aromatic N) is 3. The van der Waals surface area contributed by atoms with Crippen molar-refractivity contribution in [1.29, 1.82) is 0 Å². The van der Waals surface area contributed by atoms with Crippen LogP contribution >= 0.6 is 0 Å². The number of hydrogen-bond acceptors (Lipinski definition) is 5. The number of nitrogens with one attached hydrogen (secondary N) is 1. The Labute approximate surface area is 168 Å². The molecule has 1 N–H and O–H groups in total. The Morgan fingerprint density at radius 3 is 2.25 bits per heavy atom. The van der Waals surface area contributed by atoms with Crippen LogP contribution in [0, 0.1) is 0 Å². The zero-order valence-electron chi connectivity index (χ0n) is 16.8. The molecule has 0 spiro atoms. The third kappa shape index (κ3) is 5.53. The van der Waals surface area contributed by atoms with Crippen LogP contribution in [0.5, 0.6) is 0 Å². The average Bonchev–Trinajstić information content (AvgIpc) is 3.25. The zero-order chi connectivity index (χ0) is 20.0. The molecule has 1 amide bonds. The summed E-state index contributed by atoms with van der Waals surface area (Å²) in [6, 6.07) is 6.27. The van der Waals surface area contributed by atoms with Gasteiger partial charge in [0.2, 0.25) is 10.0 Å². The lowest BCUT2D eigenvalue weighted by Crippen LogP contribution is -2.44. The zero-order valence-corrected chi connectivity index (χ0v) is 17.6. The van der Waals surface area contributed by atoms with Gasteiger partial charge in [-0.1, -0.05) is 0 Å². The van der Waals surface area contributed by atoms with E-state index in [1.54, 1.807) is 12.1 Å². The van der Waals surface area contributed by atoms with Crippen LogP contribution < -0.4 is 5.32 Å². The van der Waals surface area contributed by atoms with Crippen LogP contribution in [-0.4, -0.2) is 87.8 Å². The first-order chi connectivity index (χ1) is 13.5. The molecule has 0 bridgehead atoms. The van der Waals surface area contributed by atoms with Gasteiger partial charge in [-0.05, 0) is 63.5 Å². The highest BCUT2D eigenvalue weighted by atomic mass is 32.2. The minimum absolute atomic E-state index is 0.148. The Hall–Kier alpha value is -1.48. The Balaban J connectivity index is 1.40. The number of unbranched alkanes of at least 4 members (excludes halogenated alkanes) is 1. The molecule has 8 heteroatoms. The molecule has 7 nitrogen and oxygen atoms in total. The van der Waals surface area contributed by atoms with Gasteiger partial charge in [-0.3, -0.25) is 4.79 Å². The number of carbonyl (C=O) groups is 1. The molecule has 0 unspecified atom stereocenters. The van der Waals surface area contributed by atoms with Crippen LogP contribution in [0.15, 0.2) is 29.2 Å². The highest BCUT2D eigenvalue weighted by Gasteiger charge is 2.27. The molecule has 2 saturated heterocycles. The number of sulfonamides is 1. The molecular weight excluding hydrogens is 376 g/mol. The van der Waals surface area contributed by atoms with E-state index in [4.69, 9.17) is 0 Å². The molecule has 1 aromatic carbocycles. The van der Waals surface area contributed by atoms with Gasteiger partial charge in [-0.25, -0.2) is 8.42 Å². The first-order valence-electron chi connectivity index (χ1n) is 10.3. The van der Waals surface area contributed by atoms with E-state index in [-0.39, 0.29) is 10.8 Å². The summed E-state index contributed by atoms with van der Waals surface area (Å²) in [5.74, 6) is -0.148. The van der Waals surface area contributed by atoms with Crippen molar-refractivity contribution in [2.45, 2.75) is 30.6 Å². The summed E-state index contributed by atoms with van der Waals surface area (Å²) in [5.41, 5.74) is 0.499. The SMILES string of the molecule is CN1CCN(CCCCNC(=O)c2ccc(S(=O)(=O)N3CCCC3)cc2)CC1. The number of carbonyl (C=O) groups excluding carboxylic acids is 1. The Morgan fingerprint density at radius 2 is 1.61 bits per heavy atom. The second-order valence-corrected chi connectivity index (χ2v) is 9.68. The number of likely N-dealkylation sites (N-methyl/N-ethyl adjacent to an activating group) is 1. The van der Waals surface area contributed by atoms with Crippen molar-refractivity contribution in [3.05, 3.63) is 29.8 Å². The van der Waals surface area contributed by atoms with Gasteiger partial charge >= 0.3 is 0 Å². The average molecular weight is 409 g/mol. The fraction of sp³-hybridized carbons (Fsp3) is 0.650. The number of amides is 1. The van der Waals surface area contributed by atoms with Crippen LogP contribution in [0.1, 0.15) is 36.0 Å². The Bertz CT molecular complexity index is 737. The predicted molar refractivity (Wildman–Crippen MR) is 110 cm³/mol. The van der Waals surface area contributed by atoms with Gasteiger partial charge in [0.25, 0.3) is 5.91 Å². The summed E-state index contributed by atoms with van der Waals surface area (Å²) in [6.45, 7) is 7.37. The van der Waals surface area contributed by atoms with Gasteiger partial charge in [-0.2, -0.15) is 4.31 Å². The van der Waals surface area contributed by atoms with E-state index in [1.165, 1.54) is 16.4 Å². The van der Waals surface area contributed by atoms with Crippen LogP contribution in [-0.2, 0) is 10.0 Å². The molecule has 2 fully saturated rings. The molecule has 2 aliphatic rings. The molecule has 0 aliphatic carbocycles. The van der Waals surface area contributed by atoms with Crippen molar-refractivity contribution in [3.63, 3.8) is 0 Å². The predicted octanol–water partition coefficient (Wildman–Crippen LogP) is 1.23. The maximum absolute atomic E-state index is 12.5. The molecule has 0 saturated carbocycles. The number of benzene rings is 1. The van der Waals surface area contributed by atoms with Crippen LogP contribution in [0.4, 0.5) is 0 Å². The van der Waals surface area contributed by atoms with Crippen molar-refractivity contribution < 1.29 is 13.2 Å². The van der Waals surface area contributed by atoms with Crippen molar-refractivity contribution in [1.82, 2.24) is 19.4 Å². The van der Waals surface area contributed by atoms with Gasteiger partial charge in [0, 0.05) is 51.4 Å². The van der Waals surface area contributed by atoms with Gasteiger partial charge in [0.15, 0.2) is 0 Å². The van der Waals surface area contributed by atoms with E-state index in [0.717, 1.165) is 58.4 Å². The third-order valence-corrected chi connectivity index (χ3v) is 7.51. The van der Waals surface area contributed by atoms with Crippen molar-refractivity contribution in [2.24, 2.45) is 0 Å². The van der Waals surface area contributed by atoms with Crippen molar-refractivity contribution in [3.8, 4) is 0 Å². The lowest BCUT2D eigenvalue weighted by molar-refractivity contribution is 0.0951. The second-order valence-electron chi connectivity index (χ2n) is 7.74. The van der Waals surface area contributed by atoms with E-state index in [9.17, 15) is 13.2 Å². The molecule has 28 heavy (non-hydrogen) atoms. The van der Waals surface area contributed by atoms with E-state index < -0.39 is 10.0 Å². The first-order valence-corrected chi connectivity index (χ1v) is 11.7. The molecule has 1 aromatic rings. The normalized spacial score (nSPS) is 19.8. The fourth-order valence-corrected chi connectivity index (χ4v) is 5.21. The summed E-state index contributed by atoms with van der Waals surface area (Å²) in [4.78, 5) is 17.4. The van der Waals surface area contributed by atoms with E-state index in [0.29, 0.717) is 25.2 Å². The third-order valence-electron chi connectivity index (χ3n) is 5.60. The molecule has 156 valence electrons. The highest BCUT2D eigenvalue weighted by molar-refractivity contribution is 7.89. The highest BCUT2D eigenvalue weighted by Crippen LogP contribution is 2.21. The minimum Gasteiger partial charge on any atom is -0.352 e. The molecule has 2 aliphatic heterocycles. The van der Waals surface area contributed by atoms with E-state index >= 15 is 0 Å². The van der Waals surface area contributed by atoms with Gasteiger partial charge in [0.1, 0.15) is 0 Å². The second kappa shape index (κ2) is 9.82. The van der Waals surface area contributed by atoms with Crippen molar-refractivity contribution in [2.75, 3.05) is 59.4 Å². The fourth-order valence-electron chi connectivity index (χ4n) is 3.69. The maximum atomic E-state index is 12.5. The van der Waals surface area contributed by atoms with Gasteiger partial charge in [0.05, 0.1) is 4.90 Å².